The van der Waals surface area contributed by atoms with E-state index in [4.69, 9.17) is 9.84 Å². The molecule has 6 nitrogen and oxygen atoms in total. The van der Waals surface area contributed by atoms with Crippen LogP contribution in [0.25, 0.3) is 0 Å². The van der Waals surface area contributed by atoms with Gasteiger partial charge in [-0.05, 0) is 26.2 Å². The van der Waals surface area contributed by atoms with E-state index in [0.29, 0.717) is 24.5 Å². The van der Waals surface area contributed by atoms with Crippen LogP contribution >= 0.6 is 0 Å². The third kappa shape index (κ3) is 5.23. The summed E-state index contributed by atoms with van der Waals surface area (Å²) in [6.45, 7) is 6.54. The molecule has 1 rings (SSSR count). The van der Waals surface area contributed by atoms with Crippen molar-refractivity contribution < 1.29 is 14.8 Å². The Labute approximate surface area is 125 Å². The number of ether oxygens (including phenoxy) is 1. The topological polar surface area (TPSA) is 84.6 Å². The molecule has 1 aromatic carbocycles. The highest BCUT2D eigenvalue weighted by atomic mass is 16.6. The highest BCUT2D eigenvalue weighted by Gasteiger charge is 2.22. The molecule has 0 bridgehead atoms. The fraction of sp³-hybridized carbons (Fsp3) is 0.600. The van der Waals surface area contributed by atoms with Crippen molar-refractivity contribution in [1.29, 1.82) is 0 Å². The van der Waals surface area contributed by atoms with E-state index in [2.05, 4.69) is 5.32 Å². The van der Waals surface area contributed by atoms with E-state index >= 15 is 0 Å². The second kappa shape index (κ2) is 7.83. The predicted octanol–water partition coefficient (Wildman–Crippen LogP) is 3.35. The van der Waals surface area contributed by atoms with Crippen molar-refractivity contribution in [3.8, 4) is 5.75 Å². The van der Waals surface area contributed by atoms with Crippen LogP contribution < -0.4 is 10.1 Å². The Balaban J connectivity index is 3.04. The quantitative estimate of drug-likeness (QED) is 0.539. The summed E-state index contributed by atoms with van der Waals surface area (Å²) in [6, 6.07) is 4.67. The molecule has 0 spiro atoms. The molecule has 0 aromatic heterocycles. The lowest BCUT2D eigenvalue weighted by atomic mass is 9.94. The Morgan fingerprint density at radius 2 is 2.10 bits per heavy atom. The number of nitro benzene ring substituents is 1. The first-order valence-corrected chi connectivity index (χ1v) is 7.25. The average molecular weight is 296 g/mol. The maximum Gasteiger partial charge on any atom is 0.275 e. The number of anilines is 1. The van der Waals surface area contributed by atoms with Gasteiger partial charge in [-0.2, -0.15) is 0 Å². The van der Waals surface area contributed by atoms with Crippen LogP contribution in [0.2, 0.25) is 0 Å². The number of non-ortho nitro benzene ring substituents is 1. The first-order chi connectivity index (χ1) is 9.94. The van der Waals surface area contributed by atoms with Gasteiger partial charge < -0.3 is 15.2 Å². The first-order valence-electron chi connectivity index (χ1n) is 7.25. The van der Waals surface area contributed by atoms with Gasteiger partial charge in [0.1, 0.15) is 5.75 Å². The summed E-state index contributed by atoms with van der Waals surface area (Å²) in [5, 5.41) is 23.4. The van der Waals surface area contributed by atoms with Crippen LogP contribution in [0.15, 0.2) is 18.2 Å². The van der Waals surface area contributed by atoms with Crippen molar-refractivity contribution >= 4 is 11.4 Å². The largest absolute Gasteiger partial charge is 0.493 e. The minimum Gasteiger partial charge on any atom is -0.493 e. The molecule has 0 fully saturated rings. The van der Waals surface area contributed by atoms with Crippen molar-refractivity contribution in [3.63, 3.8) is 0 Å². The third-order valence-electron chi connectivity index (χ3n) is 3.46. The van der Waals surface area contributed by atoms with Crippen LogP contribution in [0.3, 0.4) is 0 Å². The molecule has 118 valence electrons. The van der Waals surface area contributed by atoms with Gasteiger partial charge in [0.15, 0.2) is 0 Å². The molecular formula is C15H24N2O4. The Kier molecular flexibility index (Phi) is 6.42. The highest BCUT2D eigenvalue weighted by Crippen LogP contribution is 2.29. The zero-order valence-corrected chi connectivity index (χ0v) is 12.9. The van der Waals surface area contributed by atoms with Gasteiger partial charge in [0.25, 0.3) is 5.69 Å². The van der Waals surface area contributed by atoms with Gasteiger partial charge in [-0.1, -0.05) is 13.8 Å². The second-order valence-electron chi connectivity index (χ2n) is 5.33. The van der Waals surface area contributed by atoms with Gasteiger partial charge in [0.2, 0.25) is 0 Å². The number of aliphatic hydroxyl groups excluding tert-OH is 1. The Bertz CT molecular complexity index is 479. The molecule has 1 unspecified atom stereocenters. The molecule has 0 aliphatic carbocycles. The smallest absolute Gasteiger partial charge is 0.275 e. The number of nitro groups is 1. The van der Waals surface area contributed by atoms with Crippen molar-refractivity contribution in [1.82, 2.24) is 0 Å². The summed E-state index contributed by atoms with van der Waals surface area (Å²) < 4.78 is 5.50. The molecule has 0 aliphatic heterocycles. The lowest BCUT2D eigenvalue weighted by Crippen LogP contribution is -2.35. The third-order valence-corrected chi connectivity index (χ3v) is 3.46. The molecule has 0 saturated heterocycles. The van der Waals surface area contributed by atoms with E-state index in [9.17, 15) is 10.1 Å². The summed E-state index contributed by atoms with van der Waals surface area (Å²) >= 11 is 0. The molecular weight excluding hydrogens is 272 g/mol. The Morgan fingerprint density at radius 1 is 1.38 bits per heavy atom. The van der Waals surface area contributed by atoms with Gasteiger partial charge in [-0.3, -0.25) is 10.1 Å². The number of rotatable bonds is 9. The molecule has 6 heteroatoms. The van der Waals surface area contributed by atoms with Crippen molar-refractivity contribution in [2.45, 2.75) is 45.6 Å². The van der Waals surface area contributed by atoms with Gasteiger partial charge in [-0.25, -0.2) is 0 Å². The molecule has 0 saturated carbocycles. The van der Waals surface area contributed by atoms with E-state index in [1.54, 1.807) is 6.07 Å². The summed E-state index contributed by atoms with van der Waals surface area (Å²) in [4.78, 5) is 10.6. The molecule has 0 radical (unpaired) electrons. The minimum atomic E-state index is -0.431. The van der Waals surface area contributed by atoms with E-state index in [1.165, 1.54) is 12.1 Å². The van der Waals surface area contributed by atoms with Crippen molar-refractivity contribution in [2.24, 2.45) is 0 Å². The molecule has 0 aliphatic rings. The molecule has 2 N–H and O–H groups in total. The molecule has 21 heavy (non-hydrogen) atoms. The highest BCUT2D eigenvalue weighted by molar-refractivity contribution is 5.57. The van der Waals surface area contributed by atoms with Crippen molar-refractivity contribution in [3.05, 3.63) is 28.3 Å². The number of benzene rings is 1. The zero-order chi connectivity index (χ0) is 15.9. The summed E-state index contributed by atoms with van der Waals surface area (Å²) in [5.41, 5.74) is 0.313. The minimum absolute atomic E-state index is 0.00597. The van der Waals surface area contributed by atoms with Crippen LogP contribution in [-0.2, 0) is 0 Å². The van der Waals surface area contributed by atoms with E-state index < -0.39 is 4.92 Å². The van der Waals surface area contributed by atoms with Crippen LogP contribution in [0.5, 0.6) is 5.75 Å². The molecule has 1 atom stereocenters. The lowest BCUT2D eigenvalue weighted by Gasteiger charge is -2.30. The van der Waals surface area contributed by atoms with Crippen LogP contribution in [0.4, 0.5) is 11.4 Å². The summed E-state index contributed by atoms with van der Waals surface area (Å²) in [6.07, 6.45) is 2.20. The number of hydrogen-bond donors (Lipinski definition) is 2. The second-order valence-corrected chi connectivity index (χ2v) is 5.33. The van der Waals surface area contributed by atoms with Crippen molar-refractivity contribution in [2.75, 3.05) is 18.5 Å². The Morgan fingerprint density at radius 3 is 2.62 bits per heavy atom. The zero-order valence-electron chi connectivity index (χ0n) is 12.9. The fourth-order valence-corrected chi connectivity index (χ4v) is 1.99. The van der Waals surface area contributed by atoms with Crippen LogP contribution in [0.1, 0.15) is 40.0 Å². The number of nitrogens with zero attached hydrogens (tertiary/aromatic N) is 1. The predicted molar refractivity (Wildman–Crippen MR) is 82.9 cm³/mol. The number of nitrogens with one attached hydrogen (secondary N) is 1. The SMILES string of the molecule is CCCOc1cc(NC(C)(CC)CCO)cc([N+](=O)[O-])c1. The monoisotopic (exact) mass is 296 g/mol. The Hall–Kier alpha value is -1.82. The van der Waals surface area contributed by atoms with E-state index in [0.717, 1.165) is 12.8 Å². The normalized spacial score (nSPS) is 13.5. The molecule has 1 aromatic rings. The van der Waals surface area contributed by atoms with Crippen LogP contribution in [-0.4, -0.2) is 28.8 Å². The van der Waals surface area contributed by atoms with E-state index in [-0.39, 0.29) is 17.8 Å². The average Bonchev–Trinajstić information content (AvgIpc) is 2.45. The maximum absolute atomic E-state index is 11.0. The first kappa shape index (κ1) is 17.2. The van der Waals surface area contributed by atoms with Gasteiger partial charge >= 0.3 is 0 Å². The summed E-state index contributed by atoms with van der Waals surface area (Å²) in [7, 11) is 0. The molecule has 0 heterocycles. The van der Waals surface area contributed by atoms with Crippen LogP contribution in [0, 0.1) is 10.1 Å². The van der Waals surface area contributed by atoms with Gasteiger partial charge in [0.05, 0.1) is 17.6 Å². The number of aliphatic hydroxyl groups is 1. The molecule has 0 amide bonds. The standard InChI is InChI=1S/C15H24N2O4/c1-4-8-21-14-10-12(9-13(11-14)17(19)20)16-15(3,5-2)6-7-18/h9-11,16,18H,4-8H2,1-3H3. The number of hydrogen-bond acceptors (Lipinski definition) is 5. The van der Waals surface area contributed by atoms with E-state index in [1.807, 2.05) is 20.8 Å². The summed E-state index contributed by atoms with van der Waals surface area (Å²) in [5.74, 6) is 0.482. The van der Waals surface area contributed by atoms with Gasteiger partial charge in [0, 0.05) is 30.0 Å². The fourth-order valence-electron chi connectivity index (χ4n) is 1.99. The van der Waals surface area contributed by atoms with Gasteiger partial charge in [-0.15, -0.1) is 0 Å². The lowest BCUT2D eigenvalue weighted by molar-refractivity contribution is -0.384. The maximum atomic E-state index is 11.0.